The molecule has 2 bridgehead atoms. The molecule has 1 saturated carbocycles. The molecule has 0 amide bonds. The maximum atomic E-state index is 12.6. The van der Waals surface area contributed by atoms with Crippen LogP contribution in [0.5, 0.6) is 5.75 Å². The Kier molecular flexibility index (Phi) is 4.60. The fourth-order valence-electron chi connectivity index (χ4n) is 3.80. The van der Waals surface area contributed by atoms with E-state index in [2.05, 4.69) is 4.98 Å². The number of nitrogens with zero attached hydrogens (tertiary/aromatic N) is 2. The topological polar surface area (TPSA) is 111 Å². The summed E-state index contributed by atoms with van der Waals surface area (Å²) in [6.07, 6.45) is 3.23. The van der Waals surface area contributed by atoms with Crippen molar-refractivity contribution in [2.75, 3.05) is 19.8 Å². The highest BCUT2D eigenvalue weighted by Gasteiger charge is 2.47. The Morgan fingerprint density at radius 2 is 2.29 bits per heavy atom. The van der Waals surface area contributed by atoms with Crippen molar-refractivity contribution in [1.82, 2.24) is 9.55 Å². The van der Waals surface area contributed by atoms with Crippen LogP contribution in [0.15, 0.2) is 4.79 Å². The van der Waals surface area contributed by atoms with E-state index in [9.17, 15) is 14.7 Å². The van der Waals surface area contributed by atoms with Crippen molar-refractivity contribution in [3.05, 3.63) is 21.9 Å². The molecule has 1 aliphatic carbocycles. The summed E-state index contributed by atoms with van der Waals surface area (Å²) in [6, 6.07) is 0. The molecule has 1 aliphatic heterocycles. The van der Waals surface area contributed by atoms with Crippen LogP contribution in [-0.2, 0) is 21.6 Å². The Balaban J connectivity index is 2.14. The minimum atomic E-state index is -0.828. The largest absolute Gasteiger partial charge is 0.501 e. The van der Waals surface area contributed by atoms with Gasteiger partial charge in [-0.05, 0) is 38.5 Å². The summed E-state index contributed by atoms with van der Waals surface area (Å²) < 4.78 is 12.2. The Morgan fingerprint density at radius 3 is 3.00 bits per heavy atom. The molecular formula is C16H22N2O6. The predicted molar refractivity (Wildman–Crippen MR) is 82.8 cm³/mol. The third kappa shape index (κ3) is 2.69. The Bertz CT molecular complexity index is 701. The fraction of sp³-hybridized carbons (Fsp3) is 0.688. The molecule has 8 heteroatoms. The van der Waals surface area contributed by atoms with E-state index in [1.807, 2.05) is 0 Å². The monoisotopic (exact) mass is 338 g/mol. The smallest absolute Gasteiger partial charge is 0.361 e. The number of rotatable bonds is 5. The molecule has 24 heavy (non-hydrogen) atoms. The van der Waals surface area contributed by atoms with Crippen LogP contribution in [-0.4, -0.2) is 45.6 Å². The molecular weight excluding hydrogens is 316 g/mol. The van der Waals surface area contributed by atoms with E-state index < -0.39 is 22.9 Å². The zero-order chi connectivity index (χ0) is 17.3. The van der Waals surface area contributed by atoms with Gasteiger partial charge in [0, 0.05) is 6.54 Å². The van der Waals surface area contributed by atoms with Crippen molar-refractivity contribution in [1.29, 1.82) is 0 Å². The first kappa shape index (κ1) is 16.9. The number of aliphatic hydroxyl groups is 1. The molecule has 132 valence electrons. The summed E-state index contributed by atoms with van der Waals surface area (Å²) in [7, 11) is 0. The third-order valence-electron chi connectivity index (χ3n) is 4.74. The second kappa shape index (κ2) is 6.52. The molecule has 0 spiro atoms. The number of aromatic hydroxyl groups is 1. The molecule has 2 N–H and O–H groups in total. The maximum absolute atomic E-state index is 12.6. The van der Waals surface area contributed by atoms with Gasteiger partial charge in [0.25, 0.3) is 5.56 Å². The van der Waals surface area contributed by atoms with Crippen LogP contribution >= 0.6 is 0 Å². The van der Waals surface area contributed by atoms with Gasteiger partial charge in [0.1, 0.15) is 11.4 Å². The lowest BCUT2D eigenvalue weighted by molar-refractivity contribution is -0.119. The minimum Gasteiger partial charge on any atom is -0.501 e. The summed E-state index contributed by atoms with van der Waals surface area (Å²) in [5.74, 6) is -0.921. The van der Waals surface area contributed by atoms with Gasteiger partial charge in [-0.1, -0.05) is 0 Å². The lowest BCUT2D eigenvalue weighted by Gasteiger charge is -2.45. The van der Waals surface area contributed by atoms with Gasteiger partial charge in [0.15, 0.2) is 5.69 Å². The van der Waals surface area contributed by atoms with Crippen LogP contribution in [0.4, 0.5) is 0 Å². The molecule has 0 saturated heterocycles. The predicted octanol–water partition coefficient (Wildman–Crippen LogP) is 0.534. The molecule has 0 aromatic carbocycles. The van der Waals surface area contributed by atoms with Crippen molar-refractivity contribution >= 4 is 5.97 Å². The normalized spacial score (nSPS) is 25.2. The van der Waals surface area contributed by atoms with E-state index in [4.69, 9.17) is 14.6 Å². The van der Waals surface area contributed by atoms with Gasteiger partial charge in [-0.25, -0.2) is 9.78 Å². The van der Waals surface area contributed by atoms with Gasteiger partial charge in [0.2, 0.25) is 5.75 Å². The van der Waals surface area contributed by atoms with Gasteiger partial charge in [-0.2, -0.15) is 0 Å². The summed E-state index contributed by atoms with van der Waals surface area (Å²) in [4.78, 5) is 28.8. The lowest BCUT2D eigenvalue weighted by Crippen LogP contribution is -2.49. The molecule has 1 aromatic rings. The van der Waals surface area contributed by atoms with Gasteiger partial charge in [0.05, 0.1) is 19.8 Å². The average Bonchev–Trinajstić information content (AvgIpc) is 2.57. The van der Waals surface area contributed by atoms with E-state index >= 15 is 0 Å². The average molecular weight is 338 g/mol. The molecule has 8 nitrogen and oxygen atoms in total. The first-order valence-electron chi connectivity index (χ1n) is 8.28. The highest BCUT2D eigenvalue weighted by molar-refractivity contribution is 5.90. The lowest BCUT2D eigenvalue weighted by atomic mass is 9.74. The number of ether oxygens (including phenoxy) is 2. The van der Waals surface area contributed by atoms with Crippen molar-refractivity contribution < 1.29 is 24.5 Å². The molecule has 2 heterocycles. The SMILES string of the molecule is CCOC(=O)c1nc2n(c(=O)c1O)CC1CCCC2(OCCO)C1. The van der Waals surface area contributed by atoms with Crippen molar-refractivity contribution in [2.24, 2.45) is 5.92 Å². The minimum absolute atomic E-state index is 0.118. The van der Waals surface area contributed by atoms with Gasteiger partial charge in [-0.15, -0.1) is 0 Å². The molecule has 2 aliphatic rings. The van der Waals surface area contributed by atoms with E-state index in [1.54, 1.807) is 6.92 Å². The standard InChI is InChI=1S/C16H22N2O6/c1-2-23-14(22)11-12(20)13(21)18-9-10-4-3-5-16(8-10,15(18)17-11)24-7-6-19/h10,19-20H,2-9H2,1H3. The Hall–Kier alpha value is -1.93. The van der Waals surface area contributed by atoms with Crippen molar-refractivity contribution in [3.8, 4) is 5.75 Å². The Morgan fingerprint density at radius 1 is 1.50 bits per heavy atom. The molecule has 3 rings (SSSR count). The molecule has 2 unspecified atom stereocenters. The summed E-state index contributed by atoms with van der Waals surface area (Å²) in [5, 5.41) is 19.2. The molecule has 2 atom stereocenters. The molecule has 0 radical (unpaired) electrons. The van der Waals surface area contributed by atoms with Crippen LogP contribution in [0, 0.1) is 5.92 Å². The van der Waals surface area contributed by atoms with Crippen LogP contribution in [0.2, 0.25) is 0 Å². The van der Waals surface area contributed by atoms with Crippen LogP contribution in [0.25, 0.3) is 0 Å². The first-order valence-corrected chi connectivity index (χ1v) is 8.28. The number of aromatic nitrogens is 2. The van der Waals surface area contributed by atoms with Crippen LogP contribution < -0.4 is 5.56 Å². The second-order valence-electron chi connectivity index (χ2n) is 6.30. The van der Waals surface area contributed by atoms with Gasteiger partial charge >= 0.3 is 5.97 Å². The van der Waals surface area contributed by atoms with Crippen LogP contribution in [0.1, 0.15) is 48.9 Å². The van der Waals surface area contributed by atoms with E-state index in [-0.39, 0.29) is 31.4 Å². The zero-order valence-corrected chi connectivity index (χ0v) is 13.7. The zero-order valence-electron chi connectivity index (χ0n) is 13.7. The van der Waals surface area contributed by atoms with E-state index in [1.165, 1.54) is 4.57 Å². The third-order valence-corrected chi connectivity index (χ3v) is 4.74. The summed E-state index contributed by atoms with van der Waals surface area (Å²) in [5.41, 5.74) is -1.83. The number of carbonyl (C=O) groups excluding carboxylic acids is 1. The molecule has 1 fully saturated rings. The Labute approximate surface area is 139 Å². The quantitative estimate of drug-likeness (QED) is 0.754. The van der Waals surface area contributed by atoms with Gasteiger partial charge in [-0.3, -0.25) is 9.36 Å². The number of carbonyl (C=O) groups is 1. The second-order valence-corrected chi connectivity index (χ2v) is 6.30. The first-order chi connectivity index (χ1) is 11.5. The van der Waals surface area contributed by atoms with Crippen molar-refractivity contribution in [3.63, 3.8) is 0 Å². The summed E-state index contributed by atoms with van der Waals surface area (Å²) in [6.45, 7) is 2.18. The number of fused-ring (bicyclic) bond motifs is 4. The van der Waals surface area contributed by atoms with E-state index in [0.29, 0.717) is 25.2 Å². The van der Waals surface area contributed by atoms with Crippen molar-refractivity contribution in [2.45, 2.75) is 44.8 Å². The van der Waals surface area contributed by atoms with Crippen LogP contribution in [0.3, 0.4) is 0 Å². The highest BCUT2D eigenvalue weighted by atomic mass is 16.5. The maximum Gasteiger partial charge on any atom is 0.361 e. The highest BCUT2D eigenvalue weighted by Crippen LogP contribution is 2.46. The summed E-state index contributed by atoms with van der Waals surface area (Å²) >= 11 is 0. The van der Waals surface area contributed by atoms with Gasteiger partial charge < -0.3 is 19.7 Å². The number of hydrogen-bond donors (Lipinski definition) is 2. The number of aliphatic hydroxyl groups excluding tert-OH is 1. The number of esters is 1. The number of hydrogen-bond acceptors (Lipinski definition) is 7. The molecule has 1 aromatic heterocycles. The fourth-order valence-corrected chi connectivity index (χ4v) is 3.80. The van der Waals surface area contributed by atoms with E-state index in [0.717, 1.165) is 12.8 Å².